The van der Waals surface area contributed by atoms with E-state index in [1.54, 1.807) is 60.7 Å². The van der Waals surface area contributed by atoms with E-state index < -0.39 is 28.5 Å². The molecule has 10 heteroatoms. The highest BCUT2D eigenvalue weighted by atomic mass is 79.9. The summed E-state index contributed by atoms with van der Waals surface area (Å²) in [5.74, 6) is -0.915. The molecule has 1 unspecified atom stereocenters. The highest BCUT2D eigenvalue weighted by Gasteiger charge is 2.34. The van der Waals surface area contributed by atoms with Crippen LogP contribution >= 0.6 is 27.5 Å². The minimum Gasteiger partial charge on any atom is -0.357 e. The van der Waals surface area contributed by atoms with Gasteiger partial charge in [0.25, 0.3) is 10.0 Å². The fourth-order valence-electron chi connectivity index (χ4n) is 4.41. The Morgan fingerprint density at radius 1 is 0.854 bits per heavy atom. The molecule has 0 aliphatic heterocycles. The molecule has 0 bridgehead atoms. The summed E-state index contributed by atoms with van der Waals surface area (Å²) in [4.78, 5) is 28.9. The summed E-state index contributed by atoms with van der Waals surface area (Å²) < 4.78 is 29.6. The summed E-state index contributed by atoms with van der Waals surface area (Å²) >= 11 is 9.62. The lowest BCUT2D eigenvalue weighted by Gasteiger charge is -2.33. The number of likely N-dealkylation sites (N-methyl/N-ethyl adjacent to an activating group) is 1. The Kier molecular flexibility index (Phi) is 10.2. The standard InChI is InChI=1S/C31H29BrClN3O4S/c1-34-31(38)29(20-23-9-4-2-5-10-23)35(21-24-11-8-12-26(33)19-24)30(37)22-36(27-17-15-25(32)16-18-27)41(39,40)28-13-6-3-7-14-28/h2-19,29H,20-22H2,1H3,(H,34,38). The monoisotopic (exact) mass is 653 g/mol. The molecule has 0 saturated carbocycles. The van der Waals surface area contributed by atoms with Crippen molar-refractivity contribution in [3.05, 3.63) is 130 Å². The summed E-state index contributed by atoms with van der Waals surface area (Å²) in [6, 6.07) is 30.1. The third-order valence-electron chi connectivity index (χ3n) is 6.48. The van der Waals surface area contributed by atoms with Crippen molar-refractivity contribution in [2.45, 2.75) is 23.9 Å². The van der Waals surface area contributed by atoms with Crippen LogP contribution in [0.4, 0.5) is 5.69 Å². The molecule has 4 aromatic rings. The first-order chi connectivity index (χ1) is 19.7. The van der Waals surface area contributed by atoms with E-state index in [1.165, 1.54) is 24.1 Å². The zero-order chi connectivity index (χ0) is 29.4. The zero-order valence-electron chi connectivity index (χ0n) is 22.3. The van der Waals surface area contributed by atoms with Gasteiger partial charge in [-0.2, -0.15) is 0 Å². The number of rotatable bonds is 11. The van der Waals surface area contributed by atoms with Gasteiger partial charge in [0.2, 0.25) is 11.8 Å². The number of halogens is 2. The minimum absolute atomic E-state index is 0.0455. The predicted octanol–water partition coefficient (Wildman–Crippen LogP) is 5.68. The van der Waals surface area contributed by atoms with Gasteiger partial charge in [-0.15, -0.1) is 0 Å². The molecule has 4 aromatic carbocycles. The van der Waals surface area contributed by atoms with Gasteiger partial charge >= 0.3 is 0 Å². The van der Waals surface area contributed by atoms with Crippen LogP contribution in [0, 0.1) is 0 Å². The van der Waals surface area contributed by atoms with Gasteiger partial charge < -0.3 is 10.2 Å². The lowest BCUT2D eigenvalue weighted by Crippen LogP contribution is -2.53. The maximum atomic E-state index is 14.2. The minimum atomic E-state index is -4.14. The summed E-state index contributed by atoms with van der Waals surface area (Å²) in [5.41, 5.74) is 1.87. The average molecular weight is 655 g/mol. The van der Waals surface area contributed by atoms with Crippen LogP contribution in [0.5, 0.6) is 0 Å². The molecule has 1 N–H and O–H groups in total. The number of sulfonamides is 1. The average Bonchev–Trinajstić information content (AvgIpc) is 2.98. The SMILES string of the molecule is CNC(=O)C(Cc1ccccc1)N(Cc1cccc(Cl)c1)C(=O)CN(c1ccc(Br)cc1)S(=O)(=O)c1ccccc1. The van der Waals surface area contributed by atoms with Gasteiger partial charge in [0.15, 0.2) is 0 Å². The second-order valence-corrected chi connectivity index (χ2v) is 12.5. The van der Waals surface area contributed by atoms with Crippen LogP contribution in [0.3, 0.4) is 0 Å². The smallest absolute Gasteiger partial charge is 0.264 e. The van der Waals surface area contributed by atoms with Crippen molar-refractivity contribution in [1.82, 2.24) is 10.2 Å². The normalized spacial score (nSPS) is 11.9. The fraction of sp³-hybridized carbons (Fsp3) is 0.161. The van der Waals surface area contributed by atoms with E-state index in [0.29, 0.717) is 16.3 Å². The quantitative estimate of drug-likeness (QED) is 0.225. The van der Waals surface area contributed by atoms with E-state index in [4.69, 9.17) is 11.6 Å². The molecule has 0 aromatic heterocycles. The number of nitrogens with one attached hydrogen (secondary N) is 1. The van der Waals surface area contributed by atoms with Gasteiger partial charge in [-0.05, 0) is 59.7 Å². The Morgan fingerprint density at radius 3 is 2.07 bits per heavy atom. The molecule has 0 radical (unpaired) electrons. The first-order valence-electron chi connectivity index (χ1n) is 12.8. The van der Waals surface area contributed by atoms with Gasteiger partial charge in [0.05, 0.1) is 10.6 Å². The molecule has 1 atom stereocenters. The summed E-state index contributed by atoms with van der Waals surface area (Å²) in [5, 5.41) is 3.15. The van der Waals surface area contributed by atoms with Crippen LogP contribution in [0.25, 0.3) is 0 Å². The summed E-state index contributed by atoms with van der Waals surface area (Å²) in [6.07, 6.45) is 0.233. The zero-order valence-corrected chi connectivity index (χ0v) is 25.4. The van der Waals surface area contributed by atoms with Crippen LogP contribution in [0.1, 0.15) is 11.1 Å². The number of benzene rings is 4. The van der Waals surface area contributed by atoms with Crippen LogP contribution in [-0.4, -0.2) is 44.8 Å². The van der Waals surface area contributed by atoms with Gasteiger partial charge in [0.1, 0.15) is 12.6 Å². The van der Waals surface area contributed by atoms with Crippen LogP contribution < -0.4 is 9.62 Å². The molecule has 0 fully saturated rings. The summed E-state index contributed by atoms with van der Waals surface area (Å²) in [6.45, 7) is -0.481. The number of hydrogen-bond acceptors (Lipinski definition) is 4. The number of carbonyl (C=O) groups is 2. The van der Waals surface area contributed by atoms with Crippen molar-refractivity contribution < 1.29 is 18.0 Å². The molecular weight excluding hydrogens is 626 g/mol. The Labute approximate surface area is 253 Å². The Bertz CT molecular complexity index is 1590. The molecule has 212 valence electrons. The van der Waals surface area contributed by atoms with Crippen molar-refractivity contribution in [3.8, 4) is 0 Å². The van der Waals surface area contributed by atoms with E-state index >= 15 is 0 Å². The topological polar surface area (TPSA) is 86.8 Å². The third-order valence-corrected chi connectivity index (χ3v) is 9.04. The number of hydrogen-bond donors (Lipinski definition) is 1. The van der Waals surface area contributed by atoms with E-state index in [2.05, 4.69) is 21.2 Å². The molecular formula is C31H29BrClN3O4S. The Balaban J connectivity index is 1.78. The summed E-state index contributed by atoms with van der Waals surface area (Å²) in [7, 11) is -2.63. The van der Waals surface area contributed by atoms with Crippen LogP contribution in [-0.2, 0) is 32.6 Å². The molecule has 0 aliphatic carbocycles. The molecule has 4 rings (SSSR count). The van der Waals surface area contributed by atoms with E-state index in [9.17, 15) is 18.0 Å². The number of anilines is 1. The van der Waals surface area contributed by atoms with E-state index in [0.717, 1.165) is 14.3 Å². The first kappa shape index (κ1) is 30.3. The molecule has 0 saturated heterocycles. The molecule has 0 aliphatic rings. The lowest BCUT2D eigenvalue weighted by molar-refractivity contribution is -0.139. The largest absolute Gasteiger partial charge is 0.357 e. The van der Waals surface area contributed by atoms with Crippen molar-refractivity contribution in [2.24, 2.45) is 0 Å². The maximum Gasteiger partial charge on any atom is 0.264 e. The first-order valence-corrected chi connectivity index (χ1v) is 15.4. The lowest BCUT2D eigenvalue weighted by atomic mass is 10.0. The van der Waals surface area contributed by atoms with Crippen LogP contribution in [0.2, 0.25) is 5.02 Å². The number of carbonyl (C=O) groups excluding carboxylic acids is 2. The van der Waals surface area contributed by atoms with Crippen molar-refractivity contribution in [1.29, 1.82) is 0 Å². The Hall–Kier alpha value is -3.66. The third kappa shape index (κ3) is 7.75. The predicted molar refractivity (Wildman–Crippen MR) is 165 cm³/mol. The van der Waals surface area contributed by atoms with Gasteiger partial charge in [-0.3, -0.25) is 13.9 Å². The highest BCUT2D eigenvalue weighted by Crippen LogP contribution is 2.26. The molecule has 0 heterocycles. The fourth-order valence-corrected chi connectivity index (χ4v) is 6.32. The van der Waals surface area contributed by atoms with Crippen molar-refractivity contribution >= 4 is 55.1 Å². The van der Waals surface area contributed by atoms with Crippen molar-refractivity contribution in [3.63, 3.8) is 0 Å². The van der Waals surface area contributed by atoms with Gasteiger partial charge in [-0.25, -0.2) is 8.42 Å². The molecule has 7 nitrogen and oxygen atoms in total. The van der Waals surface area contributed by atoms with Crippen molar-refractivity contribution in [2.75, 3.05) is 17.9 Å². The number of nitrogens with zero attached hydrogens (tertiary/aromatic N) is 2. The van der Waals surface area contributed by atoms with Crippen LogP contribution in [0.15, 0.2) is 119 Å². The molecule has 41 heavy (non-hydrogen) atoms. The number of amides is 2. The molecule has 0 spiro atoms. The second kappa shape index (κ2) is 13.8. The highest BCUT2D eigenvalue weighted by molar-refractivity contribution is 9.10. The van der Waals surface area contributed by atoms with E-state index in [-0.39, 0.29) is 23.8 Å². The second-order valence-electron chi connectivity index (χ2n) is 9.27. The maximum absolute atomic E-state index is 14.2. The van der Waals surface area contributed by atoms with Gasteiger partial charge in [0, 0.05) is 29.5 Å². The molecule has 2 amide bonds. The Morgan fingerprint density at radius 2 is 1.46 bits per heavy atom. The van der Waals surface area contributed by atoms with E-state index in [1.807, 2.05) is 36.4 Å². The van der Waals surface area contributed by atoms with Gasteiger partial charge in [-0.1, -0.05) is 88.2 Å².